The van der Waals surface area contributed by atoms with Gasteiger partial charge in [0.05, 0.1) is 30.9 Å². The van der Waals surface area contributed by atoms with Gasteiger partial charge >= 0.3 is 0 Å². The van der Waals surface area contributed by atoms with Gasteiger partial charge in [-0.25, -0.2) is 0 Å². The zero-order valence-electron chi connectivity index (χ0n) is 18.7. The minimum atomic E-state index is -0.515. The van der Waals surface area contributed by atoms with Gasteiger partial charge in [0.1, 0.15) is 0 Å². The first-order valence-corrected chi connectivity index (χ1v) is 10.5. The number of nitrogens with one attached hydrogen (secondary N) is 2. The third-order valence-electron chi connectivity index (χ3n) is 4.55. The smallest absolute Gasteiger partial charge is 0.270 e. The molecule has 0 bridgehead atoms. The Labute approximate surface area is 186 Å². The van der Waals surface area contributed by atoms with Crippen molar-refractivity contribution in [3.05, 3.63) is 59.3 Å². The number of ether oxygens (including phenoxy) is 3. The number of benzene rings is 2. The summed E-state index contributed by atoms with van der Waals surface area (Å²) < 4.78 is 16.9. The summed E-state index contributed by atoms with van der Waals surface area (Å²) in [5.41, 5.74) is 7.03. The number of nitrogens with zero attached hydrogens (tertiary/aromatic N) is 1. The molecule has 0 fully saturated rings. The molecule has 0 aliphatic rings. The minimum absolute atomic E-state index is 0.261. The van der Waals surface area contributed by atoms with Crippen LogP contribution in [0.2, 0.25) is 0 Å². The maximum atomic E-state index is 12.8. The van der Waals surface area contributed by atoms with E-state index in [1.807, 2.05) is 52.0 Å². The van der Waals surface area contributed by atoms with Crippen molar-refractivity contribution in [2.75, 3.05) is 19.8 Å². The summed E-state index contributed by atoms with van der Waals surface area (Å²) in [6.07, 6.45) is 0. The van der Waals surface area contributed by atoms with E-state index in [4.69, 9.17) is 14.2 Å². The van der Waals surface area contributed by atoms with Gasteiger partial charge in [-0.05, 0) is 52.0 Å². The molecule has 0 spiro atoms. The molecule has 2 N–H and O–H groups in total. The second-order valence-corrected chi connectivity index (χ2v) is 6.84. The molecule has 0 unspecified atom stereocenters. The summed E-state index contributed by atoms with van der Waals surface area (Å²) in [4.78, 5) is 30.0. The lowest BCUT2D eigenvalue weighted by molar-refractivity contribution is 0.0847. The SMILES string of the molecule is CCOc1cc(C(=O)NNC(=O)c2cc(C)nc3ccccc23)cc(OCC)c1OCC. The van der Waals surface area contributed by atoms with Gasteiger partial charge in [-0.2, -0.15) is 0 Å². The zero-order chi connectivity index (χ0) is 23.1. The number of aryl methyl sites for hydroxylation is 1. The van der Waals surface area contributed by atoms with Crippen molar-refractivity contribution in [1.29, 1.82) is 0 Å². The highest BCUT2D eigenvalue weighted by atomic mass is 16.5. The quantitative estimate of drug-likeness (QED) is 0.520. The summed E-state index contributed by atoms with van der Waals surface area (Å²) >= 11 is 0. The molecule has 8 nitrogen and oxygen atoms in total. The second-order valence-electron chi connectivity index (χ2n) is 6.84. The van der Waals surface area contributed by atoms with Crippen LogP contribution in [0.15, 0.2) is 42.5 Å². The van der Waals surface area contributed by atoms with Crippen LogP contribution in [0, 0.1) is 6.92 Å². The van der Waals surface area contributed by atoms with Crippen molar-refractivity contribution < 1.29 is 23.8 Å². The topological polar surface area (TPSA) is 98.8 Å². The van der Waals surface area contributed by atoms with Crippen LogP contribution in [-0.4, -0.2) is 36.6 Å². The third-order valence-corrected chi connectivity index (χ3v) is 4.55. The van der Waals surface area contributed by atoms with Crippen LogP contribution < -0.4 is 25.1 Å². The number of hydrogen-bond donors (Lipinski definition) is 2. The molecule has 0 aliphatic heterocycles. The maximum absolute atomic E-state index is 12.8. The van der Waals surface area contributed by atoms with Gasteiger partial charge in [-0.15, -0.1) is 0 Å². The highest BCUT2D eigenvalue weighted by molar-refractivity contribution is 6.07. The van der Waals surface area contributed by atoms with Crippen LogP contribution in [0.5, 0.6) is 17.2 Å². The van der Waals surface area contributed by atoms with Gasteiger partial charge in [0.2, 0.25) is 5.75 Å². The third kappa shape index (κ3) is 5.08. The van der Waals surface area contributed by atoms with Gasteiger partial charge in [-0.3, -0.25) is 25.4 Å². The Morgan fingerprint density at radius 3 is 2.06 bits per heavy atom. The summed E-state index contributed by atoms with van der Waals surface area (Å²) in [7, 11) is 0. The predicted octanol–water partition coefficient (Wildman–Crippen LogP) is 3.81. The lowest BCUT2D eigenvalue weighted by atomic mass is 10.1. The summed E-state index contributed by atoms with van der Waals surface area (Å²) in [5, 5.41) is 0.697. The molecule has 0 aliphatic carbocycles. The Morgan fingerprint density at radius 1 is 0.844 bits per heavy atom. The van der Waals surface area contributed by atoms with Crippen LogP contribution in [0.1, 0.15) is 47.2 Å². The molecule has 0 atom stereocenters. The number of carbonyl (C=O) groups excluding carboxylic acids is 2. The van der Waals surface area contributed by atoms with Crippen molar-refractivity contribution in [2.24, 2.45) is 0 Å². The first kappa shape index (κ1) is 22.9. The van der Waals surface area contributed by atoms with E-state index in [1.165, 1.54) is 0 Å². The number of rotatable bonds is 8. The number of hydrazine groups is 1. The van der Waals surface area contributed by atoms with E-state index in [1.54, 1.807) is 18.2 Å². The average molecular weight is 437 g/mol. The Bertz CT molecular complexity index is 1100. The van der Waals surface area contributed by atoms with E-state index in [9.17, 15) is 9.59 Å². The van der Waals surface area contributed by atoms with Crippen LogP contribution in [-0.2, 0) is 0 Å². The molecule has 0 saturated heterocycles. The van der Waals surface area contributed by atoms with E-state index in [2.05, 4.69) is 15.8 Å². The highest BCUT2D eigenvalue weighted by Gasteiger charge is 2.19. The Kier molecular flexibility index (Phi) is 7.49. The number of fused-ring (bicyclic) bond motifs is 1. The predicted molar refractivity (Wildman–Crippen MR) is 121 cm³/mol. The lowest BCUT2D eigenvalue weighted by Crippen LogP contribution is -2.41. The second kappa shape index (κ2) is 10.5. The van der Waals surface area contributed by atoms with Gasteiger partial charge in [0, 0.05) is 16.6 Å². The fraction of sp³-hybridized carbons (Fsp3) is 0.292. The van der Waals surface area contributed by atoms with Gasteiger partial charge in [0.25, 0.3) is 11.8 Å². The maximum Gasteiger partial charge on any atom is 0.270 e. The van der Waals surface area contributed by atoms with Crippen molar-refractivity contribution >= 4 is 22.7 Å². The minimum Gasteiger partial charge on any atom is -0.490 e. The molecule has 3 rings (SSSR count). The molecule has 1 heterocycles. The van der Waals surface area contributed by atoms with Crippen molar-refractivity contribution in [1.82, 2.24) is 15.8 Å². The standard InChI is InChI=1S/C24H27N3O5/c1-5-30-20-13-16(14-21(31-6-2)22(20)32-7-3)23(28)26-27-24(29)18-12-15(4)25-19-11-9-8-10-17(18)19/h8-14H,5-7H2,1-4H3,(H,26,28)(H,27,29). The first-order chi connectivity index (χ1) is 15.5. The largest absolute Gasteiger partial charge is 0.490 e. The van der Waals surface area contributed by atoms with Crippen LogP contribution in [0.3, 0.4) is 0 Å². The molecular weight excluding hydrogens is 410 g/mol. The Balaban J connectivity index is 1.83. The molecule has 3 aromatic rings. The number of para-hydroxylation sites is 1. The molecular formula is C24H27N3O5. The molecule has 168 valence electrons. The molecule has 1 aromatic heterocycles. The summed E-state index contributed by atoms with van der Waals surface area (Å²) in [5.74, 6) is 0.273. The molecule has 2 aromatic carbocycles. The van der Waals surface area contributed by atoms with Crippen LogP contribution >= 0.6 is 0 Å². The van der Waals surface area contributed by atoms with Gasteiger partial charge < -0.3 is 14.2 Å². The lowest BCUT2D eigenvalue weighted by Gasteiger charge is -2.17. The van der Waals surface area contributed by atoms with Crippen molar-refractivity contribution in [2.45, 2.75) is 27.7 Å². The Morgan fingerprint density at radius 2 is 1.44 bits per heavy atom. The van der Waals surface area contributed by atoms with E-state index in [0.29, 0.717) is 59.2 Å². The summed E-state index contributed by atoms with van der Waals surface area (Å²) in [6.45, 7) is 8.54. The fourth-order valence-corrected chi connectivity index (χ4v) is 3.27. The molecule has 32 heavy (non-hydrogen) atoms. The normalized spacial score (nSPS) is 10.5. The zero-order valence-corrected chi connectivity index (χ0v) is 18.7. The molecule has 0 saturated carbocycles. The van der Waals surface area contributed by atoms with Crippen molar-refractivity contribution in [3.8, 4) is 17.2 Å². The monoisotopic (exact) mass is 437 g/mol. The van der Waals surface area contributed by atoms with Gasteiger partial charge in [0.15, 0.2) is 11.5 Å². The van der Waals surface area contributed by atoms with E-state index >= 15 is 0 Å². The van der Waals surface area contributed by atoms with E-state index < -0.39 is 11.8 Å². The number of carbonyl (C=O) groups is 2. The molecule has 8 heteroatoms. The van der Waals surface area contributed by atoms with E-state index in [0.717, 1.165) is 0 Å². The molecule has 0 radical (unpaired) electrons. The van der Waals surface area contributed by atoms with Crippen molar-refractivity contribution in [3.63, 3.8) is 0 Å². The highest BCUT2D eigenvalue weighted by Crippen LogP contribution is 2.39. The van der Waals surface area contributed by atoms with Crippen LogP contribution in [0.25, 0.3) is 10.9 Å². The number of pyridine rings is 1. The number of aromatic nitrogens is 1. The van der Waals surface area contributed by atoms with Crippen LogP contribution in [0.4, 0.5) is 0 Å². The summed E-state index contributed by atoms with van der Waals surface area (Å²) in [6, 6.07) is 12.1. The fourth-order valence-electron chi connectivity index (χ4n) is 3.27. The number of amides is 2. The first-order valence-electron chi connectivity index (χ1n) is 10.5. The Hall–Kier alpha value is -3.81. The number of hydrogen-bond acceptors (Lipinski definition) is 6. The molecule has 2 amide bonds. The van der Waals surface area contributed by atoms with Gasteiger partial charge in [-0.1, -0.05) is 18.2 Å². The average Bonchev–Trinajstić information content (AvgIpc) is 2.78. The van der Waals surface area contributed by atoms with E-state index in [-0.39, 0.29) is 5.56 Å².